The van der Waals surface area contributed by atoms with Crippen LogP contribution in [0.5, 0.6) is 0 Å². The Labute approximate surface area is 39.2 Å². The van der Waals surface area contributed by atoms with Crippen molar-refractivity contribution in [2.75, 3.05) is 0 Å². The van der Waals surface area contributed by atoms with E-state index in [1.165, 1.54) is 0 Å². The topological polar surface area (TPSA) is 67.4 Å². The summed E-state index contributed by atoms with van der Waals surface area (Å²) < 4.78 is 0.833. The molecule has 0 amide bonds. The highest BCUT2D eigenvalue weighted by atomic mass is 15.5. The lowest BCUT2D eigenvalue weighted by Gasteiger charge is -1.65. The van der Waals surface area contributed by atoms with Gasteiger partial charge in [-0.25, -0.2) is 0 Å². The van der Waals surface area contributed by atoms with E-state index in [4.69, 9.17) is 5.26 Å². The van der Waals surface area contributed by atoms with Crippen LogP contribution < -0.4 is 0 Å². The molecule has 1 aromatic rings. The number of hydrogen-bond donors (Lipinski definition) is 0. The van der Waals surface area contributed by atoms with Crippen molar-refractivity contribution >= 4 is 0 Å². The van der Waals surface area contributed by atoms with Gasteiger partial charge in [0.25, 0.3) is 0 Å². The second-order valence-electron chi connectivity index (χ2n) is 0.791. The van der Waals surface area contributed by atoms with E-state index in [9.17, 15) is 0 Å². The Hall–Kier alpha value is -1.44. The molecular formula is C2N5. The van der Waals surface area contributed by atoms with E-state index in [1.807, 2.05) is 0 Å². The molecule has 0 saturated heterocycles. The Morgan fingerprint density at radius 2 is 2.57 bits per heavy atom. The molecule has 1 heterocycles. The standard InChI is InChI=1S/C2N5/c3-1-7-2-4-5-6-7. The predicted molar refractivity (Wildman–Crippen MR) is 17.7 cm³/mol. The minimum absolute atomic E-state index is 0.833. The third-order valence-corrected chi connectivity index (χ3v) is 0.408. The van der Waals surface area contributed by atoms with Crippen LogP contribution in [0, 0.1) is 17.8 Å². The fourth-order valence-electron chi connectivity index (χ4n) is 0.185. The third-order valence-electron chi connectivity index (χ3n) is 0.408. The van der Waals surface area contributed by atoms with Crippen LogP contribution in [0.4, 0.5) is 0 Å². The molecular weight excluding hydrogens is 94.1 g/mol. The van der Waals surface area contributed by atoms with Crippen molar-refractivity contribution in [3.63, 3.8) is 0 Å². The van der Waals surface area contributed by atoms with Gasteiger partial charge in [-0.1, -0.05) is 0 Å². The molecule has 0 aliphatic rings. The molecule has 7 heavy (non-hydrogen) atoms. The lowest BCUT2D eigenvalue weighted by molar-refractivity contribution is 0.798. The Morgan fingerprint density at radius 1 is 1.71 bits per heavy atom. The fraction of sp³-hybridized carbons (Fsp3) is 0. The van der Waals surface area contributed by atoms with Crippen molar-refractivity contribution in [1.82, 2.24) is 20.2 Å². The number of nitrogens with zero attached hydrogens (tertiary/aromatic N) is 5. The molecule has 5 nitrogen and oxygen atoms in total. The van der Waals surface area contributed by atoms with E-state index in [0.29, 0.717) is 0 Å². The van der Waals surface area contributed by atoms with Gasteiger partial charge in [0.1, 0.15) is 0 Å². The Kier molecular flexibility index (Phi) is 0.717. The first kappa shape index (κ1) is 3.74. The first-order valence-electron chi connectivity index (χ1n) is 1.49. The van der Waals surface area contributed by atoms with Gasteiger partial charge in [0.05, 0.1) is 0 Å². The molecule has 0 spiro atoms. The van der Waals surface area contributed by atoms with Crippen LogP contribution in [0.3, 0.4) is 0 Å². The first-order valence-corrected chi connectivity index (χ1v) is 1.49. The van der Waals surface area contributed by atoms with Crippen LogP contribution in [0.15, 0.2) is 0 Å². The molecule has 0 aliphatic carbocycles. The zero-order valence-electron chi connectivity index (χ0n) is 3.24. The predicted octanol–water partition coefficient (Wildman–Crippen LogP) is -1.20. The van der Waals surface area contributed by atoms with Crippen molar-refractivity contribution in [3.05, 3.63) is 6.33 Å². The summed E-state index contributed by atoms with van der Waals surface area (Å²) in [4.78, 5) is 0. The van der Waals surface area contributed by atoms with E-state index in [2.05, 4.69) is 21.9 Å². The molecule has 33 valence electrons. The molecule has 1 radical (unpaired) electrons. The summed E-state index contributed by atoms with van der Waals surface area (Å²) in [6, 6.07) is 0. The molecule has 0 fully saturated rings. The summed E-state index contributed by atoms with van der Waals surface area (Å²) >= 11 is 0. The number of aromatic nitrogens is 4. The highest BCUT2D eigenvalue weighted by molar-refractivity contribution is 4.67. The van der Waals surface area contributed by atoms with E-state index in [-0.39, 0.29) is 0 Å². The molecule has 0 N–H and O–H groups in total. The van der Waals surface area contributed by atoms with E-state index >= 15 is 0 Å². The van der Waals surface area contributed by atoms with Crippen LogP contribution >= 0.6 is 0 Å². The smallest absolute Gasteiger partial charge is 0.170 e. The summed E-state index contributed by atoms with van der Waals surface area (Å²) in [5.74, 6) is 0. The average molecular weight is 94.1 g/mol. The van der Waals surface area contributed by atoms with Gasteiger partial charge in [0, 0.05) is 0 Å². The van der Waals surface area contributed by atoms with E-state index in [0.717, 1.165) is 4.68 Å². The van der Waals surface area contributed by atoms with Crippen molar-refractivity contribution in [3.8, 4) is 6.19 Å². The number of tetrazole rings is 1. The van der Waals surface area contributed by atoms with Gasteiger partial charge in [0.15, 0.2) is 0 Å². The summed E-state index contributed by atoms with van der Waals surface area (Å²) in [5, 5.41) is 17.4. The van der Waals surface area contributed by atoms with Crippen LogP contribution in [0.2, 0.25) is 0 Å². The number of nitriles is 1. The van der Waals surface area contributed by atoms with Gasteiger partial charge < -0.3 is 0 Å². The Balaban J connectivity index is 3.04. The first-order chi connectivity index (χ1) is 3.43. The molecule has 5 heteroatoms. The molecule has 1 rings (SSSR count). The van der Waals surface area contributed by atoms with Gasteiger partial charge in [-0.15, -0.1) is 9.78 Å². The monoisotopic (exact) mass is 94.0 g/mol. The molecule has 0 bridgehead atoms. The molecule has 0 atom stereocenters. The second-order valence-corrected chi connectivity index (χ2v) is 0.791. The van der Waals surface area contributed by atoms with Gasteiger partial charge in [-0.05, 0) is 10.4 Å². The zero-order chi connectivity index (χ0) is 5.11. The third kappa shape index (κ3) is 0.523. The van der Waals surface area contributed by atoms with Gasteiger partial charge >= 0.3 is 0 Å². The van der Waals surface area contributed by atoms with Crippen molar-refractivity contribution in [2.45, 2.75) is 0 Å². The summed E-state index contributed by atoms with van der Waals surface area (Å²) in [5.41, 5.74) is 0. The largest absolute Gasteiger partial charge is 0.238 e. The Bertz CT molecular complexity index is 168. The lowest BCUT2D eigenvalue weighted by atomic mass is 11.2. The number of rotatable bonds is 0. The highest BCUT2D eigenvalue weighted by Gasteiger charge is 1.82. The highest BCUT2D eigenvalue weighted by Crippen LogP contribution is 1.61. The van der Waals surface area contributed by atoms with Crippen LogP contribution in [-0.4, -0.2) is 20.2 Å². The van der Waals surface area contributed by atoms with Crippen LogP contribution in [0.1, 0.15) is 0 Å². The molecule has 0 aromatic carbocycles. The number of hydrogen-bond acceptors (Lipinski definition) is 4. The maximum absolute atomic E-state index is 7.97. The van der Waals surface area contributed by atoms with Crippen molar-refractivity contribution < 1.29 is 0 Å². The molecule has 1 aromatic heterocycles. The summed E-state index contributed by atoms with van der Waals surface area (Å²) in [6.07, 6.45) is 3.80. The van der Waals surface area contributed by atoms with E-state index in [1.54, 1.807) is 6.19 Å². The molecule has 0 saturated carbocycles. The maximum Gasteiger partial charge on any atom is 0.238 e. The second kappa shape index (κ2) is 1.34. The average Bonchev–Trinajstić information content (AvgIpc) is 2.14. The minimum Gasteiger partial charge on any atom is -0.170 e. The quantitative estimate of drug-likeness (QED) is 0.405. The molecule has 0 aliphatic heterocycles. The normalized spacial score (nSPS) is 7.86. The lowest BCUT2D eigenvalue weighted by Crippen LogP contribution is -1.86. The van der Waals surface area contributed by atoms with Crippen LogP contribution in [0.25, 0.3) is 0 Å². The van der Waals surface area contributed by atoms with Crippen LogP contribution in [-0.2, 0) is 0 Å². The zero-order valence-corrected chi connectivity index (χ0v) is 3.24. The van der Waals surface area contributed by atoms with Crippen molar-refractivity contribution in [2.24, 2.45) is 0 Å². The van der Waals surface area contributed by atoms with Gasteiger partial charge in [-0.2, -0.15) is 5.26 Å². The Morgan fingerprint density at radius 3 is 2.86 bits per heavy atom. The fourth-order valence-corrected chi connectivity index (χ4v) is 0.185. The van der Waals surface area contributed by atoms with Gasteiger partial charge in [-0.3, -0.25) is 0 Å². The maximum atomic E-state index is 7.97. The SMILES string of the molecule is N#Cn1[c]nnn1. The van der Waals surface area contributed by atoms with Crippen molar-refractivity contribution in [1.29, 1.82) is 5.26 Å². The summed E-state index contributed by atoms with van der Waals surface area (Å²) in [6.45, 7) is 0. The minimum atomic E-state index is 0.833. The van der Waals surface area contributed by atoms with Gasteiger partial charge in [0.2, 0.25) is 12.5 Å². The summed E-state index contributed by atoms with van der Waals surface area (Å²) in [7, 11) is 0. The van der Waals surface area contributed by atoms with E-state index < -0.39 is 0 Å². The molecule has 0 unspecified atom stereocenters.